The van der Waals surface area contributed by atoms with E-state index in [1.165, 1.54) is 22.9 Å². The van der Waals surface area contributed by atoms with Gasteiger partial charge < -0.3 is 4.74 Å². The van der Waals surface area contributed by atoms with Crippen LogP contribution in [0.5, 0.6) is 5.75 Å². The summed E-state index contributed by atoms with van der Waals surface area (Å²) in [7, 11) is 0. The van der Waals surface area contributed by atoms with Crippen molar-refractivity contribution in [3.8, 4) is 5.75 Å². The first-order chi connectivity index (χ1) is 17.4. The monoisotopic (exact) mass is 720 g/mol. The molecule has 0 spiro atoms. The van der Waals surface area contributed by atoms with Gasteiger partial charge in [0.05, 0.1) is 23.4 Å². The van der Waals surface area contributed by atoms with Gasteiger partial charge in [0.15, 0.2) is 5.17 Å². The maximum atomic E-state index is 13.7. The van der Waals surface area contributed by atoms with E-state index in [0.717, 1.165) is 42.7 Å². The number of rotatable bonds is 8. The molecular formula is C29H26I2N2O2S. The molecule has 0 unspecified atom stereocenters. The molecule has 3 aromatic carbocycles. The van der Waals surface area contributed by atoms with E-state index >= 15 is 0 Å². The first-order valence-corrected chi connectivity index (χ1v) is 14.6. The SMILES string of the molecule is C=CCOc1c(I)cc(/C=C2\SC(=Nc3ccc(CC)cc3)N(c3ccc(CC)cc3)C2=O)cc1I. The molecule has 184 valence electrons. The zero-order valence-electron chi connectivity index (χ0n) is 20.1. The lowest BCUT2D eigenvalue weighted by Crippen LogP contribution is -2.28. The molecule has 1 aliphatic heterocycles. The summed E-state index contributed by atoms with van der Waals surface area (Å²) in [5.41, 5.74) is 5.07. The highest BCUT2D eigenvalue weighted by Gasteiger charge is 2.34. The van der Waals surface area contributed by atoms with Gasteiger partial charge in [-0.25, -0.2) is 4.99 Å². The van der Waals surface area contributed by atoms with Gasteiger partial charge in [0.25, 0.3) is 5.91 Å². The lowest BCUT2D eigenvalue weighted by Gasteiger charge is -2.16. The van der Waals surface area contributed by atoms with Crippen LogP contribution in [-0.4, -0.2) is 17.7 Å². The molecule has 3 aromatic rings. The molecule has 0 N–H and O–H groups in total. The average Bonchev–Trinajstić information content (AvgIpc) is 3.18. The van der Waals surface area contributed by atoms with E-state index in [2.05, 4.69) is 89.9 Å². The van der Waals surface area contributed by atoms with Gasteiger partial charge in [-0.3, -0.25) is 9.69 Å². The Labute approximate surface area is 244 Å². The van der Waals surface area contributed by atoms with Crippen molar-refractivity contribution in [3.63, 3.8) is 0 Å². The zero-order valence-corrected chi connectivity index (χ0v) is 25.3. The Morgan fingerprint density at radius 3 is 2.11 bits per heavy atom. The van der Waals surface area contributed by atoms with Crippen molar-refractivity contribution in [1.82, 2.24) is 0 Å². The third-order valence-electron chi connectivity index (χ3n) is 5.64. The highest BCUT2D eigenvalue weighted by Crippen LogP contribution is 2.38. The first kappa shape index (κ1) is 26.9. The third kappa shape index (κ3) is 6.23. The standard InChI is InChI=1S/C29H26I2N2O2S/c1-4-15-35-27-24(30)16-21(17-25(27)31)18-26-28(34)33(23-13-9-20(6-3)10-14-23)29(36-26)32-22-11-7-19(5-2)8-12-22/h4,7-14,16-18H,1,5-6,15H2,2-3H3/b26-18-,32-29?. The Morgan fingerprint density at radius 2 is 1.56 bits per heavy atom. The smallest absolute Gasteiger partial charge is 0.271 e. The summed E-state index contributed by atoms with van der Waals surface area (Å²) in [5.74, 6) is 0.754. The number of benzene rings is 3. The van der Waals surface area contributed by atoms with Crippen LogP contribution in [0.1, 0.15) is 30.5 Å². The predicted octanol–water partition coefficient (Wildman–Crippen LogP) is 8.39. The van der Waals surface area contributed by atoms with E-state index in [1.54, 1.807) is 11.0 Å². The summed E-state index contributed by atoms with van der Waals surface area (Å²) in [5, 5.41) is 0.648. The number of carbonyl (C=O) groups is 1. The Kier molecular flexibility index (Phi) is 9.30. The molecule has 1 saturated heterocycles. The van der Waals surface area contributed by atoms with Crippen molar-refractivity contribution in [2.24, 2.45) is 4.99 Å². The van der Waals surface area contributed by atoms with E-state index < -0.39 is 0 Å². The molecule has 4 rings (SSSR count). The van der Waals surface area contributed by atoms with Crippen molar-refractivity contribution in [2.75, 3.05) is 11.5 Å². The molecule has 4 nitrogen and oxygen atoms in total. The highest BCUT2D eigenvalue weighted by molar-refractivity contribution is 14.1. The Hall–Kier alpha value is -2.11. The van der Waals surface area contributed by atoms with Crippen LogP contribution in [0.2, 0.25) is 0 Å². The minimum absolute atomic E-state index is 0.0785. The molecule has 0 aromatic heterocycles. The molecule has 7 heteroatoms. The van der Waals surface area contributed by atoms with Crippen molar-refractivity contribution in [2.45, 2.75) is 26.7 Å². The molecular weight excluding hydrogens is 694 g/mol. The van der Waals surface area contributed by atoms with Gasteiger partial charge in [0, 0.05) is 0 Å². The fourth-order valence-electron chi connectivity index (χ4n) is 3.67. The van der Waals surface area contributed by atoms with Crippen LogP contribution in [0.4, 0.5) is 11.4 Å². The summed E-state index contributed by atoms with van der Waals surface area (Å²) < 4.78 is 7.78. The summed E-state index contributed by atoms with van der Waals surface area (Å²) in [4.78, 5) is 20.9. The quantitative estimate of drug-likeness (QED) is 0.134. The molecule has 0 radical (unpaired) electrons. The largest absolute Gasteiger partial charge is 0.487 e. The topological polar surface area (TPSA) is 41.9 Å². The van der Waals surface area contributed by atoms with Gasteiger partial charge in [0.1, 0.15) is 12.4 Å². The normalized spacial score (nSPS) is 15.7. The van der Waals surface area contributed by atoms with Crippen LogP contribution in [0.3, 0.4) is 0 Å². The second kappa shape index (κ2) is 12.4. The number of halogens is 2. The van der Waals surface area contributed by atoms with Crippen molar-refractivity contribution < 1.29 is 9.53 Å². The van der Waals surface area contributed by atoms with Crippen LogP contribution in [-0.2, 0) is 17.6 Å². The molecule has 1 fully saturated rings. The van der Waals surface area contributed by atoms with Crippen molar-refractivity contribution >= 4 is 85.5 Å². The fourth-order valence-corrected chi connectivity index (χ4v) is 6.80. The second-order valence-electron chi connectivity index (χ2n) is 8.10. The zero-order chi connectivity index (χ0) is 25.7. The average molecular weight is 720 g/mol. The molecule has 0 bridgehead atoms. The van der Waals surface area contributed by atoms with E-state index in [4.69, 9.17) is 9.73 Å². The maximum Gasteiger partial charge on any atom is 0.271 e. The molecule has 1 heterocycles. The fraction of sp³-hybridized carbons (Fsp3) is 0.172. The van der Waals surface area contributed by atoms with Gasteiger partial charge in [-0.15, -0.1) is 0 Å². The van der Waals surface area contributed by atoms with E-state index in [1.807, 2.05) is 42.5 Å². The molecule has 1 aliphatic rings. The molecule has 1 amide bonds. The number of hydrogen-bond donors (Lipinski definition) is 0. The predicted molar refractivity (Wildman–Crippen MR) is 169 cm³/mol. The van der Waals surface area contributed by atoms with Gasteiger partial charge in [0.2, 0.25) is 0 Å². The van der Waals surface area contributed by atoms with Crippen LogP contribution < -0.4 is 9.64 Å². The summed E-state index contributed by atoms with van der Waals surface area (Å²) >= 11 is 5.94. The number of amides is 1. The summed E-state index contributed by atoms with van der Waals surface area (Å²) in [6, 6.07) is 20.3. The van der Waals surface area contributed by atoms with Crippen LogP contribution in [0, 0.1) is 7.14 Å². The third-order valence-corrected chi connectivity index (χ3v) is 8.21. The van der Waals surface area contributed by atoms with Crippen LogP contribution in [0.15, 0.2) is 83.2 Å². The molecule has 36 heavy (non-hydrogen) atoms. The number of thioether (sulfide) groups is 1. The van der Waals surface area contributed by atoms with E-state index in [0.29, 0.717) is 16.7 Å². The van der Waals surface area contributed by atoms with Crippen molar-refractivity contribution in [1.29, 1.82) is 0 Å². The number of hydrogen-bond acceptors (Lipinski definition) is 4. The lowest BCUT2D eigenvalue weighted by molar-refractivity contribution is -0.113. The summed E-state index contributed by atoms with van der Waals surface area (Å²) in [6.07, 6.45) is 5.59. The summed E-state index contributed by atoms with van der Waals surface area (Å²) in [6.45, 7) is 8.42. The van der Waals surface area contributed by atoms with Crippen molar-refractivity contribution in [3.05, 3.63) is 102 Å². The molecule has 0 atom stereocenters. The maximum absolute atomic E-state index is 13.7. The van der Waals surface area contributed by atoms with E-state index in [9.17, 15) is 4.79 Å². The minimum atomic E-state index is -0.0785. The van der Waals surface area contributed by atoms with E-state index in [-0.39, 0.29) is 5.91 Å². The van der Waals surface area contributed by atoms with Gasteiger partial charge >= 0.3 is 0 Å². The van der Waals surface area contributed by atoms with Gasteiger partial charge in [-0.05, 0) is 129 Å². The number of ether oxygens (including phenoxy) is 1. The number of amidine groups is 1. The number of carbonyl (C=O) groups excluding carboxylic acids is 1. The first-order valence-electron chi connectivity index (χ1n) is 11.7. The number of anilines is 1. The lowest BCUT2D eigenvalue weighted by atomic mass is 10.1. The Morgan fingerprint density at radius 1 is 0.972 bits per heavy atom. The van der Waals surface area contributed by atoms with Crippen LogP contribution >= 0.6 is 56.9 Å². The molecule has 0 aliphatic carbocycles. The Bertz CT molecular complexity index is 1310. The number of nitrogens with zero attached hydrogens (tertiary/aromatic N) is 2. The van der Waals surface area contributed by atoms with Crippen LogP contribution in [0.25, 0.3) is 6.08 Å². The van der Waals surface area contributed by atoms with Gasteiger partial charge in [-0.2, -0.15) is 0 Å². The Balaban J connectivity index is 1.73. The highest BCUT2D eigenvalue weighted by atomic mass is 127. The number of aryl methyl sites for hydroxylation is 2. The molecule has 0 saturated carbocycles. The second-order valence-corrected chi connectivity index (χ2v) is 11.4. The minimum Gasteiger partial charge on any atom is -0.487 e. The number of aliphatic imine (C=N–C) groups is 1. The van der Waals surface area contributed by atoms with Gasteiger partial charge in [-0.1, -0.05) is 50.8 Å².